The van der Waals surface area contributed by atoms with Gasteiger partial charge in [-0.3, -0.25) is 14.4 Å². The fourth-order valence-electron chi connectivity index (χ4n) is 3.16. The Hall–Kier alpha value is -1.63. The zero-order valence-electron chi connectivity index (χ0n) is 13.8. The van der Waals surface area contributed by atoms with Gasteiger partial charge < -0.3 is 15.6 Å². The van der Waals surface area contributed by atoms with Gasteiger partial charge in [0.25, 0.3) is 0 Å². The fourth-order valence-corrected chi connectivity index (χ4v) is 4.02. The highest BCUT2D eigenvalue weighted by Crippen LogP contribution is 2.23. The number of nitrogens with zero attached hydrogens (tertiary/aromatic N) is 1. The second-order valence-electron chi connectivity index (χ2n) is 6.23. The normalized spacial score (nSPS) is 21.7. The Morgan fingerprint density at radius 3 is 2.57 bits per heavy atom. The molecule has 0 aliphatic heterocycles. The first-order chi connectivity index (χ1) is 10.9. The summed E-state index contributed by atoms with van der Waals surface area (Å²) in [5, 5.41) is 2.95. The van der Waals surface area contributed by atoms with E-state index in [0.29, 0.717) is 6.54 Å². The van der Waals surface area contributed by atoms with E-state index in [0.717, 1.165) is 42.7 Å². The molecule has 128 valence electrons. The van der Waals surface area contributed by atoms with Crippen LogP contribution < -0.4 is 15.9 Å². The van der Waals surface area contributed by atoms with E-state index in [1.165, 1.54) is 11.3 Å². The summed E-state index contributed by atoms with van der Waals surface area (Å²) in [5.74, 6) is -0.745. The molecule has 0 saturated heterocycles. The highest BCUT2D eigenvalue weighted by molar-refractivity contribution is 7.09. The molecule has 0 spiro atoms. The van der Waals surface area contributed by atoms with Crippen LogP contribution in [0.3, 0.4) is 0 Å². The number of hydrogen-bond acceptors (Lipinski definition) is 4. The van der Waals surface area contributed by atoms with Gasteiger partial charge in [-0.1, -0.05) is 30.6 Å². The molecule has 2 atom stereocenters. The molecule has 1 aromatic rings. The number of carbonyl (C=O) groups excluding carboxylic acids is 2. The molecule has 1 saturated carbocycles. The zero-order valence-corrected chi connectivity index (χ0v) is 14.6. The van der Waals surface area contributed by atoms with E-state index >= 15 is 0 Å². The van der Waals surface area contributed by atoms with Gasteiger partial charge in [0.2, 0.25) is 11.8 Å². The highest BCUT2D eigenvalue weighted by Gasteiger charge is 2.29. The topological polar surface area (TPSA) is 94.2 Å². The van der Waals surface area contributed by atoms with Gasteiger partial charge in [-0.05, 0) is 26.7 Å². The van der Waals surface area contributed by atoms with E-state index in [1.54, 1.807) is 4.57 Å². The number of thiazole rings is 1. The zero-order chi connectivity index (χ0) is 17.0. The molecule has 2 rings (SSSR count). The first kappa shape index (κ1) is 17.7. The highest BCUT2D eigenvalue weighted by atomic mass is 32.1. The lowest BCUT2D eigenvalue weighted by Crippen LogP contribution is -2.45. The molecule has 3 N–H and O–H groups in total. The van der Waals surface area contributed by atoms with Crippen LogP contribution in [0.2, 0.25) is 0 Å². The SMILES string of the molecule is Cc1sc(=O)n(CCC(=O)N[C@@H]2CCCCC[C@@H]2C(N)=O)c1C. The van der Waals surface area contributed by atoms with E-state index in [1.807, 2.05) is 13.8 Å². The van der Waals surface area contributed by atoms with Gasteiger partial charge in [0, 0.05) is 29.6 Å². The van der Waals surface area contributed by atoms with Gasteiger partial charge in [0.1, 0.15) is 0 Å². The third kappa shape index (κ3) is 4.43. The van der Waals surface area contributed by atoms with E-state index in [4.69, 9.17) is 5.73 Å². The minimum absolute atomic E-state index is 0.0303. The number of hydrogen-bond donors (Lipinski definition) is 2. The maximum atomic E-state index is 12.2. The minimum Gasteiger partial charge on any atom is -0.369 e. The van der Waals surface area contributed by atoms with Gasteiger partial charge in [0.15, 0.2) is 0 Å². The second kappa shape index (κ2) is 7.77. The van der Waals surface area contributed by atoms with Crippen molar-refractivity contribution in [2.24, 2.45) is 11.7 Å². The lowest BCUT2D eigenvalue weighted by Gasteiger charge is -2.23. The average molecular weight is 339 g/mol. The molecule has 23 heavy (non-hydrogen) atoms. The van der Waals surface area contributed by atoms with Crippen molar-refractivity contribution in [1.82, 2.24) is 9.88 Å². The largest absolute Gasteiger partial charge is 0.369 e. The summed E-state index contributed by atoms with van der Waals surface area (Å²) in [7, 11) is 0. The fraction of sp³-hybridized carbons (Fsp3) is 0.688. The number of aryl methyl sites for hydroxylation is 1. The van der Waals surface area contributed by atoms with E-state index in [-0.39, 0.29) is 35.1 Å². The van der Waals surface area contributed by atoms with Crippen LogP contribution in [0.1, 0.15) is 49.1 Å². The van der Waals surface area contributed by atoms with Crippen LogP contribution in [0.5, 0.6) is 0 Å². The number of nitrogens with two attached hydrogens (primary N) is 1. The van der Waals surface area contributed by atoms with Crippen molar-refractivity contribution in [2.45, 2.75) is 65.0 Å². The summed E-state index contributed by atoms with van der Waals surface area (Å²) in [6.07, 6.45) is 4.80. The van der Waals surface area contributed by atoms with Crippen molar-refractivity contribution in [1.29, 1.82) is 0 Å². The summed E-state index contributed by atoms with van der Waals surface area (Å²) in [6, 6.07) is -0.176. The molecular weight excluding hydrogens is 314 g/mol. The minimum atomic E-state index is -0.335. The van der Waals surface area contributed by atoms with Crippen LogP contribution in [-0.4, -0.2) is 22.4 Å². The molecule has 0 unspecified atom stereocenters. The summed E-state index contributed by atoms with van der Waals surface area (Å²) < 4.78 is 1.64. The van der Waals surface area contributed by atoms with E-state index < -0.39 is 0 Å². The molecule has 1 heterocycles. The number of aromatic nitrogens is 1. The molecule has 1 aliphatic rings. The number of rotatable bonds is 5. The van der Waals surface area contributed by atoms with Gasteiger partial charge >= 0.3 is 4.87 Å². The summed E-state index contributed by atoms with van der Waals surface area (Å²) in [6.45, 7) is 4.16. The van der Waals surface area contributed by atoms with Crippen molar-refractivity contribution in [3.8, 4) is 0 Å². The molecule has 1 fully saturated rings. The van der Waals surface area contributed by atoms with Crippen molar-refractivity contribution in [3.05, 3.63) is 20.2 Å². The molecule has 0 radical (unpaired) electrons. The molecule has 7 heteroatoms. The lowest BCUT2D eigenvalue weighted by molar-refractivity contribution is -0.125. The second-order valence-corrected chi connectivity index (χ2v) is 7.40. The average Bonchev–Trinajstić information content (AvgIpc) is 2.67. The number of amides is 2. The monoisotopic (exact) mass is 339 g/mol. The molecule has 0 bridgehead atoms. The molecule has 1 aromatic heterocycles. The first-order valence-corrected chi connectivity index (χ1v) is 8.97. The van der Waals surface area contributed by atoms with Crippen LogP contribution in [0.4, 0.5) is 0 Å². The molecular formula is C16H25N3O3S. The van der Waals surface area contributed by atoms with Gasteiger partial charge in [-0.2, -0.15) is 0 Å². The lowest BCUT2D eigenvalue weighted by atomic mass is 9.94. The van der Waals surface area contributed by atoms with Crippen LogP contribution in [0.25, 0.3) is 0 Å². The Morgan fingerprint density at radius 1 is 1.26 bits per heavy atom. The molecule has 0 aromatic carbocycles. The van der Waals surface area contributed by atoms with E-state index in [2.05, 4.69) is 5.32 Å². The van der Waals surface area contributed by atoms with Crippen molar-refractivity contribution < 1.29 is 9.59 Å². The number of primary amides is 1. The van der Waals surface area contributed by atoms with Gasteiger partial charge in [-0.15, -0.1) is 0 Å². The van der Waals surface area contributed by atoms with Crippen LogP contribution in [0, 0.1) is 19.8 Å². The summed E-state index contributed by atoms with van der Waals surface area (Å²) in [5.41, 5.74) is 6.39. The molecule has 1 aliphatic carbocycles. The van der Waals surface area contributed by atoms with Crippen molar-refractivity contribution in [2.75, 3.05) is 0 Å². The van der Waals surface area contributed by atoms with E-state index in [9.17, 15) is 14.4 Å². The third-order valence-corrected chi connectivity index (χ3v) is 5.66. The third-order valence-electron chi connectivity index (χ3n) is 4.67. The Bertz CT molecular complexity index is 635. The number of carbonyl (C=O) groups is 2. The van der Waals surface area contributed by atoms with Gasteiger partial charge in [-0.25, -0.2) is 0 Å². The Kier molecular flexibility index (Phi) is 5.98. The molecule has 6 nitrogen and oxygen atoms in total. The van der Waals surface area contributed by atoms with Crippen LogP contribution >= 0.6 is 11.3 Å². The van der Waals surface area contributed by atoms with Crippen LogP contribution in [0.15, 0.2) is 4.79 Å². The maximum absolute atomic E-state index is 12.2. The predicted octanol–water partition coefficient (Wildman–Crippen LogP) is 1.47. The first-order valence-electron chi connectivity index (χ1n) is 8.15. The van der Waals surface area contributed by atoms with Crippen molar-refractivity contribution >= 4 is 23.2 Å². The Labute approximate surface area is 140 Å². The predicted molar refractivity (Wildman–Crippen MR) is 90.4 cm³/mol. The van der Waals surface area contributed by atoms with Crippen LogP contribution in [-0.2, 0) is 16.1 Å². The molecule has 2 amide bonds. The summed E-state index contributed by atoms with van der Waals surface area (Å²) in [4.78, 5) is 36.6. The smallest absolute Gasteiger partial charge is 0.307 e. The standard InChI is InChI=1S/C16H25N3O3S/c1-10-11(2)23-16(22)19(10)9-8-14(20)18-13-7-5-3-4-6-12(13)15(17)21/h12-13H,3-9H2,1-2H3,(H2,17,21)(H,18,20)/t12-,13+/m0/s1. The number of nitrogens with one attached hydrogen (secondary N) is 1. The maximum Gasteiger partial charge on any atom is 0.307 e. The Morgan fingerprint density at radius 2 is 1.96 bits per heavy atom. The van der Waals surface area contributed by atoms with Gasteiger partial charge in [0.05, 0.1) is 5.92 Å². The quantitative estimate of drug-likeness (QED) is 0.795. The van der Waals surface area contributed by atoms with Crippen molar-refractivity contribution in [3.63, 3.8) is 0 Å². The Balaban J connectivity index is 1.95. The summed E-state index contributed by atoms with van der Waals surface area (Å²) >= 11 is 1.20.